The normalized spacial score (nSPS) is 9.76. The van der Waals surface area contributed by atoms with E-state index in [1.165, 1.54) is 19.9 Å². The van der Waals surface area contributed by atoms with Crippen molar-refractivity contribution in [1.29, 1.82) is 0 Å². The first kappa shape index (κ1) is 18.6. The number of hydrogen-bond acceptors (Lipinski definition) is 1. The maximum Gasteiger partial charge on any atom is 0.433 e. The molecule has 0 atom stereocenters. The van der Waals surface area contributed by atoms with E-state index >= 15 is 0 Å². The molecule has 1 rings (SSSR count). The summed E-state index contributed by atoms with van der Waals surface area (Å²) in [6.07, 6.45) is -4.43. The molecule has 0 spiro atoms. The molecule has 0 aliphatic heterocycles. The largest absolute Gasteiger partial charge is 0.433 e. The van der Waals surface area contributed by atoms with Gasteiger partial charge >= 0.3 is 6.18 Å². The van der Waals surface area contributed by atoms with Crippen molar-refractivity contribution in [3.63, 3.8) is 0 Å². The second-order valence-corrected chi connectivity index (χ2v) is 3.12. The molecule has 0 aliphatic carbocycles. The molecule has 0 aromatic carbocycles. The summed E-state index contributed by atoms with van der Waals surface area (Å²) in [5.74, 6) is 0. The van der Waals surface area contributed by atoms with Crippen molar-refractivity contribution < 1.29 is 13.2 Å². The van der Waals surface area contributed by atoms with E-state index in [1.54, 1.807) is 0 Å². The van der Waals surface area contributed by atoms with Crippen LogP contribution in [0.1, 0.15) is 44.6 Å². The topological polar surface area (TPSA) is 12.9 Å². The lowest BCUT2D eigenvalue weighted by Crippen LogP contribution is -2.11. The van der Waals surface area contributed by atoms with Crippen LogP contribution in [0.3, 0.4) is 0 Å². The van der Waals surface area contributed by atoms with Gasteiger partial charge in [0.1, 0.15) is 5.69 Å². The van der Waals surface area contributed by atoms with Gasteiger partial charge in [0, 0.05) is 10.7 Å². The Bertz CT molecular complexity index is 335. The lowest BCUT2D eigenvalue weighted by Gasteiger charge is -2.10. The molecule has 1 heterocycles. The lowest BCUT2D eigenvalue weighted by molar-refractivity contribution is -0.141. The Labute approximate surface area is 106 Å². The average molecular weight is 270 g/mol. The number of halogens is 4. The highest BCUT2D eigenvalue weighted by atomic mass is 35.5. The number of hydrogen-bond donors (Lipinski definition) is 0. The Morgan fingerprint density at radius 2 is 1.47 bits per heavy atom. The first-order valence-electron chi connectivity index (χ1n) is 5.53. The maximum absolute atomic E-state index is 12.3. The van der Waals surface area contributed by atoms with Crippen molar-refractivity contribution in [3.05, 3.63) is 28.0 Å². The number of nitrogens with zero attached hydrogens (tertiary/aromatic N) is 1. The van der Waals surface area contributed by atoms with E-state index in [9.17, 15) is 13.2 Å². The van der Waals surface area contributed by atoms with Gasteiger partial charge in [-0.15, -0.1) is 0 Å². The molecule has 0 amide bonds. The summed E-state index contributed by atoms with van der Waals surface area (Å²) in [5.41, 5.74) is -0.666. The summed E-state index contributed by atoms with van der Waals surface area (Å²) in [4.78, 5) is 3.40. The fourth-order valence-electron chi connectivity index (χ4n) is 0.973. The molecule has 1 aromatic rings. The van der Waals surface area contributed by atoms with Crippen LogP contribution >= 0.6 is 11.6 Å². The lowest BCUT2D eigenvalue weighted by atomic mass is 10.2. The summed E-state index contributed by atoms with van der Waals surface area (Å²) in [5, 5.41) is 0.0971. The van der Waals surface area contributed by atoms with Gasteiger partial charge in [-0.05, 0) is 25.5 Å². The average Bonchev–Trinajstić information content (AvgIpc) is 2.27. The molecule has 0 saturated heterocycles. The second kappa shape index (κ2) is 8.34. The fraction of sp³-hybridized carbons (Fsp3) is 0.583. The molecule has 0 aliphatic rings. The highest BCUT2D eigenvalue weighted by Gasteiger charge is 2.35. The Morgan fingerprint density at radius 3 is 1.82 bits per heavy atom. The molecule has 0 saturated carbocycles. The molecule has 0 radical (unpaired) electrons. The van der Waals surface area contributed by atoms with Crippen molar-refractivity contribution in [1.82, 2.24) is 4.98 Å². The van der Waals surface area contributed by atoms with Crippen LogP contribution in [0.15, 0.2) is 6.07 Å². The third kappa shape index (κ3) is 5.91. The highest BCUT2D eigenvalue weighted by Crippen LogP contribution is 2.33. The van der Waals surface area contributed by atoms with Gasteiger partial charge in [0.05, 0.1) is 0 Å². The molecule has 1 nitrogen and oxygen atoms in total. The Morgan fingerprint density at radius 1 is 1.06 bits per heavy atom. The van der Waals surface area contributed by atoms with Gasteiger partial charge in [-0.25, -0.2) is 4.98 Å². The van der Waals surface area contributed by atoms with E-state index in [2.05, 4.69) is 4.98 Å². The van der Waals surface area contributed by atoms with Crippen molar-refractivity contribution >= 4 is 11.6 Å². The van der Waals surface area contributed by atoms with Gasteiger partial charge in [0.25, 0.3) is 0 Å². The molecule has 0 unspecified atom stereocenters. The minimum atomic E-state index is -4.43. The highest BCUT2D eigenvalue weighted by molar-refractivity contribution is 6.31. The van der Waals surface area contributed by atoms with Crippen LogP contribution in [0.5, 0.6) is 0 Å². The predicted octanol–water partition coefficient (Wildman–Crippen LogP) is 5.42. The van der Waals surface area contributed by atoms with Gasteiger partial charge in [-0.2, -0.15) is 13.2 Å². The molecule has 17 heavy (non-hydrogen) atoms. The predicted molar refractivity (Wildman–Crippen MR) is 66.4 cm³/mol. The quantitative estimate of drug-likeness (QED) is 0.612. The number of alkyl halides is 3. The van der Waals surface area contributed by atoms with E-state index in [-0.39, 0.29) is 16.3 Å². The first-order valence-corrected chi connectivity index (χ1v) is 5.91. The SMILES string of the molecule is CC.CC.Cc1cc(Cl)c(C)c(C(F)(F)F)n1. The minimum absolute atomic E-state index is 0.0280. The molecule has 5 heteroatoms. The van der Waals surface area contributed by atoms with E-state index in [1.807, 2.05) is 27.7 Å². The van der Waals surface area contributed by atoms with Crippen LogP contribution in [0, 0.1) is 13.8 Å². The number of aromatic nitrogens is 1. The molecule has 0 fully saturated rings. The van der Waals surface area contributed by atoms with Gasteiger partial charge in [0.15, 0.2) is 0 Å². The molecular formula is C12H19ClF3N. The van der Waals surface area contributed by atoms with E-state index in [0.29, 0.717) is 0 Å². The first-order chi connectivity index (χ1) is 7.82. The van der Waals surface area contributed by atoms with Gasteiger partial charge in [0.2, 0.25) is 0 Å². The van der Waals surface area contributed by atoms with Crippen LogP contribution in [0.4, 0.5) is 13.2 Å². The molecule has 1 aromatic heterocycles. The van der Waals surface area contributed by atoms with Crippen molar-refractivity contribution in [3.8, 4) is 0 Å². The third-order valence-corrected chi connectivity index (χ3v) is 2.00. The van der Waals surface area contributed by atoms with Crippen molar-refractivity contribution in [2.45, 2.75) is 47.7 Å². The van der Waals surface area contributed by atoms with Crippen LogP contribution < -0.4 is 0 Å². The van der Waals surface area contributed by atoms with Gasteiger partial charge < -0.3 is 0 Å². The third-order valence-electron chi connectivity index (χ3n) is 1.61. The summed E-state index contributed by atoms with van der Waals surface area (Å²) >= 11 is 5.59. The summed E-state index contributed by atoms with van der Waals surface area (Å²) in [7, 11) is 0. The molecule has 0 bridgehead atoms. The van der Waals surface area contributed by atoms with Crippen LogP contribution in [0.25, 0.3) is 0 Å². The number of rotatable bonds is 0. The fourth-order valence-corrected chi connectivity index (χ4v) is 1.22. The maximum atomic E-state index is 12.3. The van der Waals surface area contributed by atoms with Crippen LogP contribution in [-0.2, 0) is 6.18 Å². The second-order valence-electron chi connectivity index (χ2n) is 2.72. The zero-order chi connectivity index (χ0) is 14.2. The van der Waals surface area contributed by atoms with E-state index < -0.39 is 11.9 Å². The van der Waals surface area contributed by atoms with Crippen molar-refractivity contribution in [2.24, 2.45) is 0 Å². The summed E-state index contributed by atoms with van der Waals surface area (Å²) < 4.78 is 36.9. The van der Waals surface area contributed by atoms with E-state index in [0.717, 1.165) is 0 Å². The molecule has 0 N–H and O–H groups in total. The summed E-state index contributed by atoms with van der Waals surface area (Å²) in [6, 6.07) is 1.41. The number of pyridine rings is 1. The Hall–Kier alpha value is -0.770. The zero-order valence-electron chi connectivity index (χ0n) is 11.0. The Balaban J connectivity index is 0. The Kier molecular flexibility index (Phi) is 9.12. The van der Waals surface area contributed by atoms with Gasteiger partial charge in [-0.3, -0.25) is 0 Å². The standard InChI is InChI=1S/C8H7ClF3N.2C2H6/c1-4-3-6(9)5(2)7(13-4)8(10,11)12;2*1-2/h3H,1-2H3;2*1-2H3. The van der Waals surface area contributed by atoms with Crippen LogP contribution in [-0.4, -0.2) is 4.98 Å². The minimum Gasteiger partial charge on any atom is -0.248 e. The van der Waals surface area contributed by atoms with E-state index in [4.69, 9.17) is 11.6 Å². The van der Waals surface area contributed by atoms with Gasteiger partial charge in [-0.1, -0.05) is 39.3 Å². The molecule has 100 valence electrons. The summed E-state index contributed by atoms with van der Waals surface area (Å²) in [6.45, 7) is 10.8. The van der Waals surface area contributed by atoms with Crippen LogP contribution in [0.2, 0.25) is 5.02 Å². The van der Waals surface area contributed by atoms with Crippen molar-refractivity contribution in [2.75, 3.05) is 0 Å². The monoisotopic (exact) mass is 269 g/mol. The zero-order valence-corrected chi connectivity index (χ0v) is 11.8. The smallest absolute Gasteiger partial charge is 0.248 e. The number of aryl methyl sites for hydroxylation is 1. The molecular weight excluding hydrogens is 251 g/mol.